The summed E-state index contributed by atoms with van der Waals surface area (Å²) in [7, 11) is -3.51. The molecule has 20 heavy (non-hydrogen) atoms. The molecule has 112 valence electrons. The molecule has 1 aliphatic heterocycles. The van der Waals surface area contributed by atoms with Crippen molar-refractivity contribution in [2.75, 3.05) is 12.8 Å². The van der Waals surface area contributed by atoms with Crippen LogP contribution in [0.1, 0.15) is 45.0 Å². The maximum atomic E-state index is 12.2. The van der Waals surface area contributed by atoms with Gasteiger partial charge in [-0.1, -0.05) is 18.9 Å². The highest BCUT2D eigenvalue weighted by Crippen LogP contribution is 2.32. The van der Waals surface area contributed by atoms with Gasteiger partial charge >= 0.3 is 5.22 Å². The van der Waals surface area contributed by atoms with Crippen LogP contribution in [0.25, 0.3) is 0 Å². The number of rotatable bonds is 4. The van der Waals surface area contributed by atoms with E-state index in [1.54, 1.807) is 4.90 Å². The van der Waals surface area contributed by atoms with Crippen molar-refractivity contribution < 1.29 is 17.6 Å². The third-order valence-corrected chi connectivity index (χ3v) is 3.98. The number of carbonyl (C=O) groups excluding carboxylic acids is 1. The molecule has 1 aliphatic rings. The second kappa shape index (κ2) is 5.51. The van der Waals surface area contributed by atoms with Gasteiger partial charge in [-0.05, 0) is 18.8 Å². The van der Waals surface area contributed by atoms with E-state index in [1.165, 1.54) is 0 Å². The van der Waals surface area contributed by atoms with Crippen LogP contribution >= 0.6 is 0 Å². The molecular formula is C12H19N3O4S. The molecule has 0 spiro atoms. The molecule has 0 unspecified atom stereocenters. The fraction of sp³-hybridized carbons (Fsp3) is 0.750. The minimum atomic E-state index is -3.51. The third-order valence-electron chi connectivity index (χ3n) is 3.18. The van der Waals surface area contributed by atoms with Crippen LogP contribution in [0.3, 0.4) is 0 Å². The summed E-state index contributed by atoms with van der Waals surface area (Å²) in [5.74, 6) is 0.527. The molecule has 1 aromatic rings. The standard InChI is InChI=1S/C12H19N3O4S/c1-8(2)7-10(16)15-6-4-5-9(15)11-13-14-12(19-11)20(3,17)18/h8-9H,4-7H2,1-3H3/t9-/m0/s1. The van der Waals surface area contributed by atoms with Gasteiger partial charge in [0.1, 0.15) is 6.04 Å². The molecule has 1 fully saturated rings. The van der Waals surface area contributed by atoms with E-state index < -0.39 is 15.1 Å². The van der Waals surface area contributed by atoms with Crippen molar-refractivity contribution >= 4 is 15.7 Å². The molecule has 7 nitrogen and oxygen atoms in total. The highest BCUT2D eigenvalue weighted by molar-refractivity contribution is 7.90. The second-order valence-corrected chi connectivity index (χ2v) is 7.42. The third kappa shape index (κ3) is 3.17. The molecule has 1 aromatic heterocycles. The Morgan fingerprint density at radius 3 is 2.70 bits per heavy atom. The smallest absolute Gasteiger partial charge is 0.335 e. The highest BCUT2D eigenvalue weighted by Gasteiger charge is 2.34. The van der Waals surface area contributed by atoms with E-state index in [1.807, 2.05) is 13.8 Å². The molecule has 1 saturated heterocycles. The van der Waals surface area contributed by atoms with Gasteiger partial charge in [0.2, 0.25) is 21.6 Å². The van der Waals surface area contributed by atoms with Crippen molar-refractivity contribution in [2.24, 2.45) is 5.92 Å². The van der Waals surface area contributed by atoms with E-state index in [0.29, 0.717) is 13.0 Å². The molecule has 8 heteroatoms. The monoisotopic (exact) mass is 301 g/mol. The Labute approximate surface area is 118 Å². The van der Waals surface area contributed by atoms with Gasteiger partial charge in [-0.25, -0.2) is 8.42 Å². The Morgan fingerprint density at radius 1 is 1.45 bits per heavy atom. The highest BCUT2D eigenvalue weighted by atomic mass is 32.2. The van der Waals surface area contributed by atoms with E-state index in [4.69, 9.17) is 4.42 Å². The fourth-order valence-corrected chi connectivity index (χ4v) is 2.72. The summed E-state index contributed by atoms with van der Waals surface area (Å²) in [5.41, 5.74) is 0. The number of amides is 1. The molecule has 2 rings (SSSR count). The van der Waals surface area contributed by atoms with Crippen molar-refractivity contribution in [1.29, 1.82) is 0 Å². The Bertz CT molecular complexity index is 594. The van der Waals surface area contributed by atoms with Gasteiger partial charge < -0.3 is 9.32 Å². The first-order valence-corrected chi connectivity index (χ1v) is 8.51. The van der Waals surface area contributed by atoms with Crippen LogP contribution in [0.15, 0.2) is 9.64 Å². The lowest BCUT2D eigenvalue weighted by Gasteiger charge is -2.22. The molecular weight excluding hydrogens is 282 g/mol. The van der Waals surface area contributed by atoms with Crippen molar-refractivity contribution in [1.82, 2.24) is 15.1 Å². The van der Waals surface area contributed by atoms with E-state index in [0.717, 1.165) is 19.1 Å². The van der Waals surface area contributed by atoms with Crippen LogP contribution in [0, 0.1) is 5.92 Å². The normalized spacial score (nSPS) is 19.8. The summed E-state index contributed by atoms with van der Waals surface area (Å²) in [6, 6.07) is -0.302. The lowest BCUT2D eigenvalue weighted by molar-refractivity contribution is -0.133. The van der Waals surface area contributed by atoms with Crippen LogP contribution in [-0.4, -0.2) is 42.2 Å². The zero-order chi connectivity index (χ0) is 14.9. The Balaban J connectivity index is 2.19. The average Bonchev–Trinajstić information content (AvgIpc) is 2.96. The Kier molecular flexibility index (Phi) is 4.12. The minimum absolute atomic E-state index is 0.0432. The zero-order valence-corrected chi connectivity index (χ0v) is 12.7. The summed E-state index contributed by atoms with van der Waals surface area (Å²) in [6.07, 6.45) is 3.05. The predicted molar refractivity (Wildman–Crippen MR) is 70.6 cm³/mol. The van der Waals surface area contributed by atoms with E-state index in [2.05, 4.69) is 10.2 Å². The predicted octanol–water partition coefficient (Wildman–Crippen LogP) is 1.18. The topological polar surface area (TPSA) is 93.4 Å². The van der Waals surface area contributed by atoms with Gasteiger partial charge in [0.05, 0.1) is 0 Å². The number of hydrogen-bond donors (Lipinski definition) is 0. The SMILES string of the molecule is CC(C)CC(=O)N1CCC[C@H]1c1nnc(S(C)(=O)=O)o1. The summed E-state index contributed by atoms with van der Waals surface area (Å²) in [4.78, 5) is 13.9. The van der Waals surface area contributed by atoms with Crippen LogP contribution in [0.2, 0.25) is 0 Å². The number of likely N-dealkylation sites (tertiary alicyclic amines) is 1. The van der Waals surface area contributed by atoms with E-state index in [9.17, 15) is 13.2 Å². The summed E-state index contributed by atoms with van der Waals surface area (Å²) in [6.45, 7) is 4.61. The zero-order valence-electron chi connectivity index (χ0n) is 11.9. The molecule has 0 saturated carbocycles. The number of sulfone groups is 1. The Hall–Kier alpha value is -1.44. The molecule has 0 N–H and O–H groups in total. The van der Waals surface area contributed by atoms with Crippen molar-refractivity contribution in [2.45, 2.75) is 44.4 Å². The molecule has 0 aliphatic carbocycles. The number of hydrogen-bond acceptors (Lipinski definition) is 6. The lowest BCUT2D eigenvalue weighted by Crippen LogP contribution is -2.31. The molecule has 1 atom stereocenters. The maximum absolute atomic E-state index is 12.2. The Morgan fingerprint density at radius 2 is 2.15 bits per heavy atom. The summed E-state index contributed by atoms with van der Waals surface area (Å²) >= 11 is 0. The summed E-state index contributed by atoms with van der Waals surface area (Å²) < 4.78 is 27.9. The van der Waals surface area contributed by atoms with Crippen molar-refractivity contribution in [3.63, 3.8) is 0 Å². The first-order chi connectivity index (χ1) is 9.29. The molecule has 0 radical (unpaired) electrons. The van der Waals surface area contributed by atoms with E-state index >= 15 is 0 Å². The quantitative estimate of drug-likeness (QED) is 0.829. The van der Waals surface area contributed by atoms with Crippen molar-refractivity contribution in [3.8, 4) is 0 Å². The molecule has 1 amide bonds. The van der Waals surface area contributed by atoms with Crippen LogP contribution < -0.4 is 0 Å². The van der Waals surface area contributed by atoms with E-state index in [-0.39, 0.29) is 23.8 Å². The van der Waals surface area contributed by atoms with Gasteiger partial charge in [-0.15, -0.1) is 5.10 Å². The van der Waals surface area contributed by atoms with Crippen LogP contribution in [0.5, 0.6) is 0 Å². The average molecular weight is 301 g/mol. The second-order valence-electron chi connectivity index (χ2n) is 5.52. The first-order valence-electron chi connectivity index (χ1n) is 6.62. The molecule has 2 heterocycles. The number of carbonyl (C=O) groups is 1. The van der Waals surface area contributed by atoms with Gasteiger partial charge in [-0.2, -0.15) is 0 Å². The van der Waals surface area contributed by atoms with Crippen LogP contribution in [-0.2, 0) is 14.6 Å². The number of aromatic nitrogens is 2. The summed E-state index contributed by atoms with van der Waals surface area (Å²) in [5, 5.41) is 6.94. The van der Waals surface area contributed by atoms with Gasteiger partial charge in [-0.3, -0.25) is 4.79 Å². The fourth-order valence-electron chi connectivity index (χ4n) is 2.29. The molecule has 0 aromatic carbocycles. The van der Waals surface area contributed by atoms with Crippen molar-refractivity contribution in [3.05, 3.63) is 5.89 Å². The largest absolute Gasteiger partial charge is 0.410 e. The number of nitrogens with zero attached hydrogens (tertiary/aromatic N) is 3. The lowest BCUT2D eigenvalue weighted by atomic mass is 10.1. The first kappa shape index (κ1) is 15.0. The molecule has 0 bridgehead atoms. The van der Waals surface area contributed by atoms with Gasteiger partial charge in [0.15, 0.2) is 0 Å². The minimum Gasteiger partial charge on any atom is -0.410 e. The van der Waals surface area contributed by atoms with Crippen LogP contribution in [0.4, 0.5) is 0 Å². The maximum Gasteiger partial charge on any atom is 0.335 e. The van der Waals surface area contributed by atoms with Gasteiger partial charge in [0, 0.05) is 19.2 Å². The van der Waals surface area contributed by atoms with Gasteiger partial charge in [0.25, 0.3) is 0 Å².